The highest BCUT2D eigenvalue weighted by Gasteiger charge is 2.37. The number of nitrogens with zero attached hydrogens (tertiary/aromatic N) is 3. The smallest absolute Gasteiger partial charge is 0.369 e. The molecule has 1 radical (unpaired) electrons. The summed E-state index contributed by atoms with van der Waals surface area (Å²) in [4.78, 5) is 14.6. The van der Waals surface area contributed by atoms with Gasteiger partial charge in [0, 0.05) is 50.0 Å². The number of hydrogen-bond donors (Lipinski definition) is 0. The standard InChI is InChI=1S/C27H24F6N3O2/c28-26(29,30)21-16-19(17-22(18-21)27(31,32)33)6-11-25(20-4-2-1-3-5-20)35-14-12-34(13-15-35)23-7-9-24(10-8-23)36(37)38/h1-5,7-11,16-18,25H,6,12-15H2. The molecule has 0 aliphatic carbocycles. The number of hydrogen-bond acceptors (Lipinski definition) is 4. The lowest BCUT2D eigenvalue weighted by Gasteiger charge is -2.40. The van der Waals surface area contributed by atoms with Crippen LogP contribution >= 0.6 is 0 Å². The van der Waals surface area contributed by atoms with Crippen LogP contribution in [0.2, 0.25) is 0 Å². The number of benzene rings is 3. The molecule has 0 spiro atoms. The molecule has 3 aromatic carbocycles. The predicted octanol–water partition coefficient (Wildman–Crippen LogP) is 6.94. The van der Waals surface area contributed by atoms with Crippen LogP contribution in [0, 0.1) is 16.5 Å². The van der Waals surface area contributed by atoms with Crippen molar-refractivity contribution < 1.29 is 31.3 Å². The minimum absolute atomic E-state index is 0.00518. The molecule has 3 aromatic rings. The van der Waals surface area contributed by atoms with Gasteiger partial charge >= 0.3 is 12.4 Å². The van der Waals surface area contributed by atoms with Gasteiger partial charge in [-0.25, -0.2) is 0 Å². The van der Waals surface area contributed by atoms with Gasteiger partial charge in [0.2, 0.25) is 0 Å². The molecule has 1 saturated heterocycles. The van der Waals surface area contributed by atoms with E-state index in [0.29, 0.717) is 26.2 Å². The van der Waals surface area contributed by atoms with Crippen LogP contribution in [0.5, 0.6) is 0 Å². The Hall–Kier alpha value is -3.60. The average Bonchev–Trinajstić information content (AvgIpc) is 2.89. The highest BCUT2D eigenvalue weighted by molar-refractivity contribution is 5.51. The van der Waals surface area contributed by atoms with Gasteiger partial charge in [-0.1, -0.05) is 30.3 Å². The minimum Gasteiger partial charge on any atom is -0.369 e. The van der Waals surface area contributed by atoms with E-state index in [4.69, 9.17) is 0 Å². The van der Waals surface area contributed by atoms with E-state index in [1.54, 1.807) is 18.6 Å². The van der Waals surface area contributed by atoms with E-state index in [2.05, 4.69) is 9.80 Å². The van der Waals surface area contributed by atoms with Gasteiger partial charge in [0.25, 0.3) is 5.69 Å². The molecule has 11 heteroatoms. The summed E-state index contributed by atoms with van der Waals surface area (Å²) >= 11 is 0. The zero-order valence-electron chi connectivity index (χ0n) is 20.0. The molecular formula is C27H24F6N3O2. The summed E-state index contributed by atoms with van der Waals surface area (Å²) in [5, 5.41) is 10.9. The van der Waals surface area contributed by atoms with E-state index < -0.39 is 28.4 Å². The van der Waals surface area contributed by atoms with Crippen LogP contribution in [0.1, 0.15) is 28.3 Å². The van der Waals surface area contributed by atoms with Crippen molar-refractivity contribution in [1.82, 2.24) is 4.90 Å². The van der Waals surface area contributed by atoms with Crippen molar-refractivity contribution in [2.75, 3.05) is 31.1 Å². The first kappa shape index (κ1) is 27.4. The Morgan fingerprint density at radius 1 is 0.816 bits per heavy atom. The lowest BCUT2D eigenvalue weighted by atomic mass is 9.95. The first-order chi connectivity index (χ1) is 17.9. The fraction of sp³-hybridized carbons (Fsp3) is 0.296. The SMILES string of the molecule is O=[N+]([O-])c1ccc(N2CCN(C([CH]Cc3cc(C(F)(F)F)cc(C(F)(F)F)c3)c3ccccc3)CC2)cc1. The minimum atomic E-state index is -4.90. The highest BCUT2D eigenvalue weighted by Crippen LogP contribution is 2.37. The van der Waals surface area contributed by atoms with Crippen LogP contribution < -0.4 is 4.90 Å². The number of piperazine rings is 1. The number of anilines is 1. The number of alkyl halides is 6. The van der Waals surface area contributed by atoms with Crippen molar-refractivity contribution in [3.05, 3.63) is 112 Å². The molecule has 1 heterocycles. The summed E-state index contributed by atoms with van der Waals surface area (Å²) in [7, 11) is 0. The molecule has 1 aliphatic heterocycles. The topological polar surface area (TPSA) is 49.6 Å². The molecule has 0 aromatic heterocycles. The molecule has 201 valence electrons. The molecule has 4 rings (SSSR count). The molecule has 5 nitrogen and oxygen atoms in total. The second-order valence-corrected chi connectivity index (χ2v) is 9.01. The largest absolute Gasteiger partial charge is 0.416 e. The highest BCUT2D eigenvalue weighted by atomic mass is 19.4. The zero-order valence-corrected chi connectivity index (χ0v) is 20.0. The molecule has 1 unspecified atom stereocenters. The summed E-state index contributed by atoms with van der Waals surface area (Å²) in [6.45, 7) is 2.33. The van der Waals surface area contributed by atoms with Crippen LogP contribution in [0.25, 0.3) is 0 Å². The second-order valence-electron chi connectivity index (χ2n) is 9.01. The van der Waals surface area contributed by atoms with Crippen LogP contribution in [-0.2, 0) is 18.8 Å². The first-order valence-electron chi connectivity index (χ1n) is 11.8. The van der Waals surface area contributed by atoms with Gasteiger partial charge < -0.3 is 4.90 Å². The molecule has 1 aliphatic rings. The number of nitro benzene ring substituents is 1. The molecular weight excluding hydrogens is 512 g/mol. The van der Waals surface area contributed by atoms with Gasteiger partial charge in [-0.15, -0.1) is 0 Å². The van der Waals surface area contributed by atoms with Crippen LogP contribution in [0.15, 0.2) is 72.8 Å². The van der Waals surface area contributed by atoms with E-state index in [0.717, 1.165) is 23.4 Å². The fourth-order valence-electron chi connectivity index (χ4n) is 4.57. The number of non-ortho nitro benzene ring substituents is 1. The summed E-state index contributed by atoms with van der Waals surface area (Å²) in [6, 6.07) is 16.8. The van der Waals surface area contributed by atoms with Crippen molar-refractivity contribution in [2.24, 2.45) is 0 Å². The molecule has 0 saturated carbocycles. The summed E-state index contributed by atoms with van der Waals surface area (Å²) in [6.07, 6.45) is -8.15. The van der Waals surface area contributed by atoms with E-state index in [1.165, 1.54) is 12.1 Å². The lowest BCUT2D eigenvalue weighted by molar-refractivity contribution is -0.384. The Bertz CT molecular complexity index is 1210. The van der Waals surface area contributed by atoms with Gasteiger partial charge in [-0.3, -0.25) is 15.0 Å². The fourth-order valence-corrected chi connectivity index (χ4v) is 4.57. The molecule has 38 heavy (non-hydrogen) atoms. The van der Waals surface area contributed by atoms with Crippen LogP contribution in [0.4, 0.5) is 37.7 Å². The van der Waals surface area contributed by atoms with E-state index in [1.807, 2.05) is 30.3 Å². The Morgan fingerprint density at radius 3 is 1.87 bits per heavy atom. The number of nitro groups is 1. The maximum Gasteiger partial charge on any atom is 0.416 e. The van der Waals surface area contributed by atoms with Gasteiger partial charge in [0.05, 0.1) is 16.1 Å². The molecule has 0 bridgehead atoms. The van der Waals surface area contributed by atoms with Crippen molar-refractivity contribution in [1.29, 1.82) is 0 Å². The third-order valence-electron chi connectivity index (χ3n) is 6.50. The number of halogens is 6. The van der Waals surface area contributed by atoms with Gasteiger partial charge in [-0.2, -0.15) is 26.3 Å². The van der Waals surface area contributed by atoms with E-state index >= 15 is 0 Å². The maximum absolute atomic E-state index is 13.3. The van der Waals surface area contributed by atoms with Crippen molar-refractivity contribution in [3.8, 4) is 0 Å². The third-order valence-corrected chi connectivity index (χ3v) is 6.50. The normalized spacial score (nSPS) is 15.9. The Labute approximate surface area is 215 Å². The van der Waals surface area contributed by atoms with Crippen molar-refractivity contribution >= 4 is 11.4 Å². The molecule has 1 fully saturated rings. The lowest BCUT2D eigenvalue weighted by Crippen LogP contribution is -2.48. The van der Waals surface area contributed by atoms with Gasteiger partial charge in [-0.05, 0) is 54.3 Å². The van der Waals surface area contributed by atoms with E-state index in [9.17, 15) is 36.5 Å². The predicted molar refractivity (Wildman–Crippen MR) is 131 cm³/mol. The average molecular weight is 536 g/mol. The van der Waals surface area contributed by atoms with Crippen molar-refractivity contribution in [3.63, 3.8) is 0 Å². The molecule has 0 amide bonds. The molecule has 0 N–H and O–H groups in total. The molecule has 1 atom stereocenters. The third kappa shape index (κ3) is 6.63. The monoisotopic (exact) mass is 536 g/mol. The Morgan fingerprint density at radius 2 is 1.37 bits per heavy atom. The Kier molecular flexibility index (Phi) is 7.96. The van der Waals surface area contributed by atoms with E-state index in [-0.39, 0.29) is 29.8 Å². The summed E-state index contributed by atoms with van der Waals surface area (Å²) < 4.78 is 79.8. The first-order valence-corrected chi connectivity index (χ1v) is 11.8. The zero-order chi connectivity index (χ0) is 27.5. The maximum atomic E-state index is 13.3. The van der Waals surface area contributed by atoms with Crippen LogP contribution in [0.3, 0.4) is 0 Å². The summed E-state index contributed by atoms with van der Waals surface area (Å²) in [5.74, 6) is 0. The second kappa shape index (κ2) is 11.0. The summed E-state index contributed by atoms with van der Waals surface area (Å²) in [5.41, 5.74) is -1.03. The van der Waals surface area contributed by atoms with Crippen molar-refractivity contribution in [2.45, 2.75) is 24.8 Å². The van der Waals surface area contributed by atoms with Crippen LogP contribution in [-0.4, -0.2) is 36.0 Å². The Balaban J connectivity index is 1.51. The number of rotatable bonds is 7. The van der Waals surface area contributed by atoms with Gasteiger partial charge in [0.1, 0.15) is 0 Å². The van der Waals surface area contributed by atoms with Gasteiger partial charge in [0.15, 0.2) is 0 Å². The quantitative estimate of drug-likeness (QED) is 0.186.